The predicted octanol–water partition coefficient (Wildman–Crippen LogP) is 2.53. The third-order valence-corrected chi connectivity index (χ3v) is 2.99. The average molecular weight is 302 g/mol. The quantitative estimate of drug-likeness (QED) is 0.249. The van der Waals surface area contributed by atoms with Crippen molar-refractivity contribution >= 4 is 11.9 Å². The Bertz CT molecular complexity index is 325. The predicted molar refractivity (Wildman–Crippen MR) is 78.0 cm³/mol. The molecule has 21 heavy (non-hydrogen) atoms. The van der Waals surface area contributed by atoms with Crippen LogP contribution in [0.25, 0.3) is 0 Å². The van der Waals surface area contributed by atoms with Crippen molar-refractivity contribution in [3.8, 4) is 0 Å². The molecule has 6 heteroatoms. The second kappa shape index (κ2) is 11.3. The maximum atomic E-state index is 10.7. The summed E-state index contributed by atoms with van der Waals surface area (Å²) < 4.78 is 10.7. The summed E-state index contributed by atoms with van der Waals surface area (Å²) in [5.41, 5.74) is 0. The topological polar surface area (TPSA) is 93.1 Å². The number of hydrogen-bond acceptors (Lipinski definition) is 4. The minimum atomic E-state index is -1.37. The van der Waals surface area contributed by atoms with Crippen LogP contribution in [0.15, 0.2) is 12.2 Å². The number of carbonyl (C=O) groups is 2. The van der Waals surface area contributed by atoms with Crippen LogP contribution >= 0.6 is 0 Å². The molecule has 0 aromatic carbocycles. The summed E-state index contributed by atoms with van der Waals surface area (Å²) in [5, 5.41) is 17.5. The van der Waals surface area contributed by atoms with Crippen LogP contribution in [0.2, 0.25) is 0 Å². The summed E-state index contributed by atoms with van der Waals surface area (Å²) in [7, 11) is 0. The van der Waals surface area contributed by atoms with Crippen LogP contribution in [0.3, 0.4) is 0 Å². The van der Waals surface area contributed by atoms with Gasteiger partial charge in [0.2, 0.25) is 0 Å². The Labute approximate surface area is 125 Å². The van der Waals surface area contributed by atoms with Crippen LogP contribution in [0, 0.1) is 11.8 Å². The van der Waals surface area contributed by atoms with E-state index in [1.807, 2.05) is 26.8 Å². The van der Waals surface area contributed by atoms with Gasteiger partial charge in [-0.25, -0.2) is 0 Å². The molecule has 2 atom stereocenters. The van der Waals surface area contributed by atoms with E-state index < -0.39 is 17.9 Å². The Morgan fingerprint density at radius 3 is 2.29 bits per heavy atom. The Morgan fingerprint density at radius 1 is 1.14 bits per heavy atom. The van der Waals surface area contributed by atoms with E-state index in [4.69, 9.17) is 19.7 Å². The summed E-state index contributed by atoms with van der Waals surface area (Å²) in [6.45, 7) is 6.99. The highest BCUT2D eigenvalue weighted by Gasteiger charge is 2.23. The lowest BCUT2D eigenvalue weighted by Crippen LogP contribution is -2.22. The number of carboxylic acid groups (broad SMARTS) is 2. The normalized spacial score (nSPS) is 14.5. The van der Waals surface area contributed by atoms with Crippen molar-refractivity contribution < 1.29 is 29.3 Å². The van der Waals surface area contributed by atoms with Gasteiger partial charge in [0, 0.05) is 13.2 Å². The van der Waals surface area contributed by atoms with E-state index in [2.05, 4.69) is 0 Å². The number of hydrogen-bond donors (Lipinski definition) is 2. The van der Waals surface area contributed by atoms with Gasteiger partial charge in [-0.1, -0.05) is 19.1 Å². The fraction of sp³-hybridized carbons (Fsp3) is 0.733. The Hall–Kier alpha value is -1.40. The molecule has 0 amide bonds. The molecular weight excluding hydrogens is 276 g/mol. The van der Waals surface area contributed by atoms with Crippen molar-refractivity contribution in [1.82, 2.24) is 0 Å². The number of carboxylic acids is 2. The monoisotopic (exact) mass is 302 g/mol. The SMILES string of the molecule is CCOC(C)OCCCC(C)C=CCC(C(=O)O)C(=O)O. The second-order valence-corrected chi connectivity index (χ2v) is 4.91. The Balaban J connectivity index is 3.87. The van der Waals surface area contributed by atoms with E-state index in [9.17, 15) is 9.59 Å². The minimum absolute atomic E-state index is 0.00683. The number of ether oxygens (including phenoxy) is 2. The molecule has 0 radical (unpaired) electrons. The molecule has 2 N–H and O–H groups in total. The van der Waals surface area contributed by atoms with Gasteiger partial charge in [0.25, 0.3) is 0 Å². The van der Waals surface area contributed by atoms with Crippen LogP contribution < -0.4 is 0 Å². The van der Waals surface area contributed by atoms with Crippen LogP contribution in [0.5, 0.6) is 0 Å². The lowest BCUT2D eigenvalue weighted by atomic mass is 10.0. The van der Waals surface area contributed by atoms with Crippen molar-refractivity contribution in [3.63, 3.8) is 0 Å². The average Bonchev–Trinajstić information content (AvgIpc) is 2.39. The Morgan fingerprint density at radius 2 is 1.76 bits per heavy atom. The zero-order valence-electron chi connectivity index (χ0n) is 12.9. The van der Waals surface area contributed by atoms with Gasteiger partial charge in [-0.3, -0.25) is 9.59 Å². The van der Waals surface area contributed by atoms with Gasteiger partial charge in [0.05, 0.1) is 0 Å². The van der Waals surface area contributed by atoms with Gasteiger partial charge in [0.15, 0.2) is 12.2 Å². The first-order chi connectivity index (χ1) is 9.88. The molecule has 0 aromatic rings. The molecule has 0 aromatic heterocycles. The molecule has 0 saturated heterocycles. The van der Waals surface area contributed by atoms with E-state index in [0.29, 0.717) is 13.2 Å². The van der Waals surface area contributed by atoms with Crippen molar-refractivity contribution in [1.29, 1.82) is 0 Å². The molecule has 0 aliphatic rings. The van der Waals surface area contributed by atoms with Crippen LogP contribution in [-0.4, -0.2) is 41.7 Å². The molecule has 0 saturated carbocycles. The zero-order chi connectivity index (χ0) is 16.3. The molecule has 0 aliphatic carbocycles. The van der Waals surface area contributed by atoms with Crippen molar-refractivity contribution in [2.75, 3.05) is 13.2 Å². The first-order valence-corrected chi connectivity index (χ1v) is 7.23. The molecule has 0 bridgehead atoms. The first-order valence-electron chi connectivity index (χ1n) is 7.23. The van der Waals surface area contributed by atoms with E-state index in [1.54, 1.807) is 6.08 Å². The summed E-state index contributed by atoms with van der Waals surface area (Å²) in [5.74, 6) is -3.74. The highest BCUT2D eigenvalue weighted by Crippen LogP contribution is 2.11. The molecule has 0 rings (SSSR count). The lowest BCUT2D eigenvalue weighted by molar-refractivity contribution is -0.154. The molecular formula is C15H26O6. The Kier molecular flexibility index (Phi) is 10.5. The maximum absolute atomic E-state index is 10.7. The van der Waals surface area contributed by atoms with Crippen molar-refractivity contribution in [2.24, 2.45) is 11.8 Å². The summed E-state index contributed by atoms with van der Waals surface area (Å²) >= 11 is 0. The van der Waals surface area contributed by atoms with Gasteiger partial charge in [-0.2, -0.15) is 0 Å². The third-order valence-electron chi connectivity index (χ3n) is 2.99. The molecule has 0 fully saturated rings. The van der Waals surface area contributed by atoms with Crippen LogP contribution in [0.4, 0.5) is 0 Å². The second-order valence-electron chi connectivity index (χ2n) is 4.91. The van der Waals surface area contributed by atoms with Gasteiger partial charge in [-0.15, -0.1) is 0 Å². The van der Waals surface area contributed by atoms with Gasteiger partial charge < -0.3 is 19.7 Å². The highest BCUT2D eigenvalue weighted by atomic mass is 16.7. The maximum Gasteiger partial charge on any atom is 0.318 e. The largest absolute Gasteiger partial charge is 0.481 e. The van der Waals surface area contributed by atoms with Crippen molar-refractivity contribution in [2.45, 2.75) is 46.3 Å². The standard InChI is InChI=1S/C15H26O6/c1-4-20-12(3)21-10-6-8-11(2)7-5-9-13(14(16)17)15(18)19/h5,7,11-13H,4,6,8-10H2,1-3H3,(H,16,17)(H,18,19). The lowest BCUT2D eigenvalue weighted by Gasteiger charge is -2.13. The molecule has 122 valence electrons. The number of rotatable bonds is 12. The summed E-state index contributed by atoms with van der Waals surface area (Å²) in [6.07, 6.45) is 5.04. The molecule has 2 unspecified atom stereocenters. The van der Waals surface area contributed by atoms with E-state index in [-0.39, 0.29) is 18.6 Å². The van der Waals surface area contributed by atoms with Gasteiger partial charge >= 0.3 is 11.9 Å². The smallest absolute Gasteiger partial charge is 0.318 e. The first kappa shape index (κ1) is 19.6. The molecule has 0 spiro atoms. The minimum Gasteiger partial charge on any atom is -0.481 e. The summed E-state index contributed by atoms with van der Waals surface area (Å²) in [4.78, 5) is 21.4. The molecule has 6 nitrogen and oxygen atoms in total. The molecule has 0 aliphatic heterocycles. The highest BCUT2D eigenvalue weighted by molar-refractivity contribution is 5.92. The van der Waals surface area contributed by atoms with E-state index >= 15 is 0 Å². The number of allylic oxidation sites excluding steroid dienone is 2. The van der Waals surface area contributed by atoms with Gasteiger partial charge in [-0.05, 0) is 39.0 Å². The zero-order valence-corrected chi connectivity index (χ0v) is 12.9. The fourth-order valence-electron chi connectivity index (χ4n) is 1.79. The fourth-order valence-corrected chi connectivity index (χ4v) is 1.79. The molecule has 0 heterocycles. The number of aliphatic carboxylic acids is 2. The summed E-state index contributed by atoms with van der Waals surface area (Å²) in [6, 6.07) is 0. The van der Waals surface area contributed by atoms with E-state index in [1.165, 1.54) is 0 Å². The van der Waals surface area contributed by atoms with Crippen LogP contribution in [-0.2, 0) is 19.1 Å². The van der Waals surface area contributed by atoms with E-state index in [0.717, 1.165) is 12.8 Å². The van der Waals surface area contributed by atoms with Gasteiger partial charge in [0.1, 0.15) is 0 Å². The van der Waals surface area contributed by atoms with Crippen molar-refractivity contribution in [3.05, 3.63) is 12.2 Å². The van der Waals surface area contributed by atoms with Crippen LogP contribution in [0.1, 0.15) is 40.0 Å². The third kappa shape index (κ3) is 10.0.